The van der Waals surface area contributed by atoms with Crippen LogP contribution in [-0.4, -0.2) is 19.5 Å². The Hall–Kier alpha value is -0.810. The molecule has 0 aromatic rings. The summed E-state index contributed by atoms with van der Waals surface area (Å²) in [5.41, 5.74) is -7.30. The molecule has 0 heterocycles. The zero-order chi connectivity index (χ0) is 14.8. The Morgan fingerprint density at radius 2 is 1.50 bits per heavy atom. The Balaban J connectivity index is 1.96. The van der Waals surface area contributed by atoms with E-state index < -0.39 is 33.1 Å². The molecule has 0 N–H and O–H groups in total. The second-order valence-corrected chi connectivity index (χ2v) is 7.73. The van der Waals surface area contributed by atoms with Gasteiger partial charge in [-0.05, 0) is 43.9 Å². The summed E-state index contributed by atoms with van der Waals surface area (Å²) in [6.07, 6.45) is 3.41. The predicted octanol–water partition coefficient (Wildman–Crippen LogP) is 2.57. The van der Waals surface area contributed by atoms with E-state index in [4.69, 9.17) is 0 Å². The Labute approximate surface area is 115 Å². The molecule has 0 aromatic heterocycles. The van der Waals surface area contributed by atoms with E-state index in [1.54, 1.807) is 6.07 Å². The van der Waals surface area contributed by atoms with Gasteiger partial charge < -0.3 is 0 Å². The smallest absolute Gasteiger partial charge is 0.240 e. The lowest BCUT2D eigenvalue weighted by Gasteiger charge is -2.57. The van der Waals surface area contributed by atoms with Crippen molar-refractivity contribution in [1.29, 1.82) is 5.26 Å². The molecular formula is C12H14F3NO3S. The molecule has 0 saturated heterocycles. The molecule has 112 valence electrons. The standard InChI is InChI=1S/C12H14F3NO3S/c13-12(14,15)20(17,18)19-11(6-16)9-2-7-1-8(4-9)5-10(11)3-7/h7-10H,1-5H2. The van der Waals surface area contributed by atoms with Crippen molar-refractivity contribution in [3.05, 3.63) is 0 Å². The monoisotopic (exact) mass is 309 g/mol. The zero-order valence-electron chi connectivity index (χ0n) is 10.6. The summed E-state index contributed by atoms with van der Waals surface area (Å²) in [6.45, 7) is 0. The van der Waals surface area contributed by atoms with Crippen molar-refractivity contribution in [2.45, 2.75) is 43.2 Å². The van der Waals surface area contributed by atoms with Crippen molar-refractivity contribution in [2.24, 2.45) is 23.7 Å². The fourth-order valence-electron chi connectivity index (χ4n) is 4.45. The van der Waals surface area contributed by atoms with Crippen LogP contribution >= 0.6 is 0 Å². The second-order valence-electron chi connectivity index (χ2n) is 6.19. The third-order valence-electron chi connectivity index (χ3n) is 5.06. The average Bonchev–Trinajstić information content (AvgIpc) is 2.31. The molecule has 8 heteroatoms. The van der Waals surface area contributed by atoms with Gasteiger partial charge in [0.2, 0.25) is 0 Å². The maximum Gasteiger partial charge on any atom is 0.523 e. The Kier molecular flexibility index (Phi) is 2.90. The van der Waals surface area contributed by atoms with Crippen LogP contribution in [0.2, 0.25) is 0 Å². The third kappa shape index (κ3) is 1.86. The Morgan fingerprint density at radius 3 is 1.85 bits per heavy atom. The van der Waals surface area contributed by atoms with Crippen LogP contribution in [0.3, 0.4) is 0 Å². The first-order valence-electron chi connectivity index (χ1n) is 6.61. The van der Waals surface area contributed by atoms with Crippen LogP contribution < -0.4 is 0 Å². The van der Waals surface area contributed by atoms with Gasteiger partial charge in [-0.2, -0.15) is 26.9 Å². The number of hydrogen-bond acceptors (Lipinski definition) is 4. The summed E-state index contributed by atoms with van der Waals surface area (Å²) in [5.74, 6) is -0.00548. The van der Waals surface area contributed by atoms with Gasteiger partial charge in [-0.1, -0.05) is 0 Å². The fourth-order valence-corrected chi connectivity index (χ4v) is 5.22. The second kappa shape index (κ2) is 4.10. The van der Waals surface area contributed by atoms with Gasteiger partial charge in [0.15, 0.2) is 5.60 Å². The number of nitrogens with zero attached hydrogens (tertiary/aromatic N) is 1. The molecule has 4 aliphatic carbocycles. The minimum absolute atomic E-state index is 0.399. The van der Waals surface area contributed by atoms with E-state index >= 15 is 0 Å². The van der Waals surface area contributed by atoms with Gasteiger partial charge in [-0.15, -0.1) is 0 Å². The highest BCUT2D eigenvalue weighted by Gasteiger charge is 2.63. The molecule has 4 nitrogen and oxygen atoms in total. The molecule has 4 bridgehead atoms. The van der Waals surface area contributed by atoms with E-state index in [2.05, 4.69) is 4.18 Å². The van der Waals surface area contributed by atoms with E-state index in [1.807, 2.05) is 0 Å². The van der Waals surface area contributed by atoms with E-state index in [0.717, 1.165) is 6.42 Å². The molecule has 20 heavy (non-hydrogen) atoms. The number of halogens is 3. The van der Waals surface area contributed by atoms with Crippen LogP contribution in [-0.2, 0) is 14.3 Å². The molecule has 4 saturated carbocycles. The van der Waals surface area contributed by atoms with Crippen molar-refractivity contribution in [3.63, 3.8) is 0 Å². The normalized spacial score (nSPS) is 43.5. The summed E-state index contributed by atoms with van der Waals surface area (Å²) < 4.78 is 64.7. The molecule has 0 atom stereocenters. The van der Waals surface area contributed by atoms with Gasteiger partial charge in [-0.3, -0.25) is 0 Å². The number of rotatable bonds is 2. The number of nitriles is 1. The van der Waals surface area contributed by atoms with Crippen molar-refractivity contribution in [3.8, 4) is 6.07 Å². The molecular weight excluding hydrogens is 295 g/mol. The van der Waals surface area contributed by atoms with E-state index in [9.17, 15) is 26.9 Å². The van der Waals surface area contributed by atoms with E-state index in [0.29, 0.717) is 37.5 Å². The molecule has 0 aromatic carbocycles. The average molecular weight is 309 g/mol. The third-order valence-corrected chi connectivity index (χ3v) is 6.12. The van der Waals surface area contributed by atoms with Crippen LogP contribution in [0.25, 0.3) is 0 Å². The van der Waals surface area contributed by atoms with Crippen LogP contribution in [0.4, 0.5) is 13.2 Å². The molecule has 0 amide bonds. The van der Waals surface area contributed by atoms with Gasteiger partial charge in [0, 0.05) is 11.8 Å². The SMILES string of the molecule is N#CC1(OS(=O)(=O)C(F)(F)F)C2CC3CC(C2)CC1C3. The maximum absolute atomic E-state index is 12.5. The zero-order valence-corrected chi connectivity index (χ0v) is 11.4. The molecule has 0 unspecified atom stereocenters. The minimum atomic E-state index is -5.74. The highest BCUT2D eigenvalue weighted by Crippen LogP contribution is 2.60. The molecule has 4 rings (SSSR count). The van der Waals surface area contributed by atoms with Crippen molar-refractivity contribution < 1.29 is 25.8 Å². The number of alkyl halides is 3. The topological polar surface area (TPSA) is 67.2 Å². The van der Waals surface area contributed by atoms with Crippen LogP contribution in [0.1, 0.15) is 32.1 Å². The van der Waals surface area contributed by atoms with Gasteiger partial charge in [0.25, 0.3) is 0 Å². The van der Waals surface area contributed by atoms with Crippen LogP contribution in [0, 0.1) is 35.0 Å². The van der Waals surface area contributed by atoms with Crippen molar-refractivity contribution >= 4 is 10.1 Å². The van der Waals surface area contributed by atoms with Crippen LogP contribution in [0.15, 0.2) is 0 Å². The summed E-state index contributed by atoms with van der Waals surface area (Å²) >= 11 is 0. The predicted molar refractivity (Wildman–Crippen MR) is 61.4 cm³/mol. The molecule has 0 spiro atoms. The highest BCUT2D eigenvalue weighted by molar-refractivity contribution is 7.87. The lowest BCUT2D eigenvalue weighted by molar-refractivity contribution is -0.133. The molecule has 4 fully saturated rings. The summed E-state index contributed by atoms with van der Waals surface area (Å²) in [4.78, 5) is 0. The summed E-state index contributed by atoms with van der Waals surface area (Å²) in [5, 5.41) is 9.37. The first kappa shape index (κ1) is 14.1. The first-order chi connectivity index (χ1) is 9.18. The minimum Gasteiger partial charge on any atom is -0.240 e. The van der Waals surface area contributed by atoms with E-state index in [-0.39, 0.29) is 0 Å². The maximum atomic E-state index is 12.5. The lowest BCUT2D eigenvalue weighted by Crippen LogP contribution is -2.59. The molecule has 0 aliphatic heterocycles. The first-order valence-corrected chi connectivity index (χ1v) is 8.02. The Bertz CT molecular complexity index is 535. The van der Waals surface area contributed by atoms with Gasteiger partial charge in [0.05, 0.1) is 6.07 Å². The highest BCUT2D eigenvalue weighted by atomic mass is 32.2. The van der Waals surface area contributed by atoms with Gasteiger partial charge >= 0.3 is 15.6 Å². The van der Waals surface area contributed by atoms with Crippen molar-refractivity contribution in [2.75, 3.05) is 0 Å². The quantitative estimate of drug-likeness (QED) is 0.581. The fraction of sp³-hybridized carbons (Fsp3) is 0.917. The van der Waals surface area contributed by atoms with E-state index in [1.165, 1.54) is 0 Å². The molecule has 4 aliphatic rings. The van der Waals surface area contributed by atoms with Crippen molar-refractivity contribution in [1.82, 2.24) is 0 Å². The van der Waals surface area contributed by atoms with Crippen LogP contribution in [0.5, 0.6) is 0 Å². The summed E-state index contributed by atoms with van der Waals surface area (Å²) in [7, 11) is -5.74. The largest absolute Gasteiger partial charge is 0.523 e. The lowest BCUT2D eigenvalue weighted by atomic mass is 9.50. The number of hydrogen-bond donors (Lipinski definition) is 0. The summed E-state index contributed by atoms with van der Waals surface area (Å²) in [6, 6.07) is 1.79. The van der Waals surface area contributed by atoms with Gasteiger partial charge in [0.1, 0.15) is 0 Å². The Morgan fingerprint density at radius 1 is 1.05 bits per heavy atom. The van der Waals surface area contributed by atoms with Gasteiger partial charge in [-0.25, -0.2) is 4.18 Å². The molecule has 0 radical (unpaired) electrons.